The Bertz CT molecular complexity index is 881. The highest BCUT2D eigenvalue weighted by Crippen LogP contribution is 2.29. The summed E-state index contributed by atoms with van der Waals surface area (Å²) in [4.78, 5) is 11.8. The molecule has 3 aromatic heterocycles. The summed E-state index contributed by atoms with van der Waals surface area (Å²) in [5, 5.41) is 4.46. The van der Waals surface area contributed by atoms with Crippen LogP contribution in [0.4, 0.5) is 5.82 Å². The molecule has 4 rings (SSSR count). The van der Waals surface area contributed by atoms with Gasteiger partial charge in [0.05, 0.1) is 44.0 Å². The summed E-state index contributed by atoms with van der Waals surface area (Å²) in [6.45, 7) is 6.63. The van der Waals surface area contributed by atoms with Crippen LogP contribution in [-0.4, -0.2) is 64.2 Å². The fraction of sp³-hybridized carbons (Fsp3) is 0.500. The van der Waals surface area contributed by atoms with Crippen LogP contribution in [0.5, 0.6) is 0 Å². The number of hydrogen-bond donors (Lipinski definition) is 0. The van der Waals surface area contributed by atoms with Gasteiger partial charge in [-0.15, -0.1) is 0 Å². The van der Waals surface area contributed by atoms with Gasteiger partial charge in [0.1, 0.15) is 0 Å². The number of aromatic nitrogens is 5. The van der Waals surface area contributed by atoms with E-state index in [9.17, 15) is 0 Å². The van der Waals surface area contributed by atoms with Gasteiger partial charge in [-0.1, -0.05) is 6.92 Å². The van der Waals surface area contributed by atoms with Crippen molar-refractivity contribution in [3.8, 4) is 11.3 Å². The van der Waals surface area contributed by atoms with Crippen molar-refractivity contribution < 1.29 is 9.47 Å². The molecule has 0 aromatic carbocycles. The third-order valence-electron chi connectivity index (χ3n) is 4.67. The zero-order valence-corrected chi connectivity index (χ0v) is 15.3. The molecular formula is C18H24N6O2. The van der Waals surface area contributed by atoms with E-state index >= 15 is 0 Å². The molecule has 8 nitrogen and oxygen atoms in total. The van der Waals surface area contributed by atoms with Crippen LogP contribution < -0.4 is 4.90 Å². The van der Waals surface area contributed by atoms with Crippen LogP contribution in [0.1, 0.15) is 12.6 Å². The van der Waals surface area contributed by atoms with Gasteiger partial charge in [0.15, 0.2) is 11.5 Å². The first kappa shape index (κ1) is 17.0. The Labute approximate surface area is 152 Å². The number of morpholine rings is 1. The molecule has 0 saturated carbocycles. The summed E-state index contributed by atoms with van der Waals surface area (Å²) in [6, 6.07) is 0. The van der Waals surface area contributed by atoms with Crippen molar-refractivity contribution in [3.63, 3.8) is 0 Å². The summed E-state index contributed by atoms with van der Waals surface area (Å²) in [5.41, 5.74) is 4.09. The van der Waals surface area contributed by atoms with Crippen molar-refractivity contribution in [1.82, 2.24) is 24.1 Å². The minimum atomic E-state index is 0.639. The lowest BCUT2D eigenvalue weighted by atomic mass is 10.2. The minimum absolute atomic E-state index is 0.639. The number of aryl methyl sites for hydroxylation is 1. The number of anilines is 1. The van der Waals surface area contributed by atoms with E-state index in [-0.39, 0.29) is 0 Å². The number of nitrogens with zero attached hydrogens (tertiary/aromatic N) is 6. The predicted molar refractivity (Wildman–Crippen MR) is 98.5 cm³/mol. The Kier molecular flexibility index (Phi) is 4.85. The molecule has 8 heteroatoms. The molecule has 1 saturated heterocycles. The fourth-order valence-electron chi connectivity index (χ4n) is 3.35. The first-order valence-corrected chi connectivity index (χ1v) is 9.02. The van der Waals surface area contributed by atoms with Crippen molar-refractivity contribution in [3.05, 3.63) is 30.5 Å². The summed E-state index contributed by atoms with van der Waals surface area (Å²) in [6.07, 6.45) is 8.62. The predicted octanol–water partition coefficient (Wildman–Crippen LogP) is 1.64. The lowest BCUT2D eigenvalue weighted by molar-refractivity contribution is 0.122. The second kappa shape index (κ2) is 7.43. The number of rotatable bonds is 6. The van der Waals surface area contributed by atoms with Crippen LogP contribution in [0.25, 0.3) is 16.9 Å². The molecule has 0 unspecified atom stereocenters. The van der Waals surface area contributed by atoms with Crippen molar-refractivity contribution >= 4 is 11.5 Å². The van der Waals surface area contributed by atoms with Gasteiger partial charge >= 0.3 is 0 Å². The van der Waals surface area contributed by atoms with Crippen LogP contribution in [0, 0.1) is 0 Å². The maximum atomic E-state index is 5.47. The summed E-state index contributed by atoms with van der Waals surface area (Å²) in [5.74, 6) is 0.920. The maximum Gasteiger partial charge on any atom is 0.181 e. The third-order valence-corrected chi connectivity index (χ3v) is 4.67. The largest absolute Gasteiger partial charge is 0.383 e. The van der Waals surface area contributed by atoms with Crippen LogP contribution >= 0.6 is 0 Å². The van der Waals surface area contributed by atoms with Gasteiger partial charge in [0.25, 0.3) is 0 Å². The Morgan fingerprint density at radius 1 is 1.27 bits per heavy atom. The van der Waals surface area contributed by atoms with Crippen LogP contribution in [0.15, 0.2) is 24.8 Å². The number of ether oxygens (including phenoxy) is 2. The average Bonchev–Trinajstić information content (AvgIpc) is 3.30. The summed E-state index contributed by atoms with van der Waals surface area (Å²) in [7, 11) is 1.70. The molecule has 0 spiro atoms. The zero-order valence-electron chi connectivity index (χ0n) is 15.3. The molecule has 0 amide bonds. The van der Waals surface area contributed by atoms with Crippen molar-refractivity contribution in [1.29, 1.82) is 0 Å². The third kappa shape index (κ3) is 3.06. The Morgan fingerprint density at radius 2 is 2.12 bits per heavy atom. The van der Waals surface area contributed by atoms with E-state index in [0.717, 1.165) is 67.7 Å². The lowest BCUT2D eigenvalue weighted by Crippen LogP contribution is -2.37. The van der Waals surface area contributed by atoms with E-state index in [0.29, 0.717) is 6.61 Å². The highest BCUT2D eigenvalue weighted by Gasteiger charge is 2.21. The molecule has 0 aliphatic carbocycles. The van der Waals surface area contributed by atoms with Gasteiger partial charge in [-0.05, 0) is 6.42 Å². The maximum absolute atomic E-state index is 5.47. The highest BCUT2D eigenvalue weighted by atomic mass is 16.5. The average molecular weight is 356 g/mol. The van der Waals surface area contributed by atoms with Gasteiger partial charge in [-0.3, -0.25) is 9.08 Å². The molecule has 1 fully saturated rings. The fourth-order valence-corrected chi connectivity index (χ4v) is 3.35. The Morgan fingerprint density at radius 3 is 2.88 bits per heavy atom. The van der Waals surface area contributed by atoms with E-state index in [4.69, 9.17) is 14.5 Å². The lowest BCUT2D eigenvalue weighted by Gasteiger charge is -2.27. The van der Waals surface area contributed by atoms with Gasteiger partial charge < -0.3 is 14.4 Å². The van der Waals surface area contributed by atoms with E-state index in [1.54, 1.807) is 7.11 Å². The van der Waals surface area contributed by atoms with Gasteiger partial charge in [-0.2, -0.15) is 5.10 Å². The highest BCUT2D eigenvalue weighted by molar-refractivity contribution is 5.73. The molecule has 4 heterocycles. The smallest absolute Gasteiger partial charge is 0.181 e. The molecule has 1 aliphatic rings. The SMILES string of the molecule is CCc1nc2c(N3CCOCC3)nccn2c1-c1cnn(CCOC)c1. The van der Waals surface area contributed by atoms with E-state index in [2.05, 4.69) is 32.5 Å². The van der Waals surface area contributed by atoms with Gasteiger partial charge in [0.2, 0.25) is 0 Å². The molecule has 0 atom stereocenters. The second-order valence-corrected chi connectivity index (χ2v) is 6.29. The molecule has 0 N–H and O–H groups in total. The van der Waals surface area contributed by atoms with Gasteiger partial charge in [-0.25, -0.2) is 9.97 Å². The normalized spacial score (nSPS) is 15.1. The molecule has 3 aromatic rings. The first-order chi connectivity index (χ1) is 12.8. The number of hydrogen-bond acceptors (Lipinski definition) is 6. The second-order valence-electron chi connectivity index (χ2n) is 6.29. The van der Waals surface area contributed by atoms with Crippen molar-refractivity contribution in [2.45, 2.75) is 19.9 Å². The minimum Gasteiger partial charge on any atom is -0.383 e. The number of imidazole rings is 1. The van der Waals surface area contributed by atoms with E-state index < -0.39 is 0 Å². The van der Waals surface area contributed by atoms with Gasteiger partial charge in [0, 0.05) is 44.4 Å². The Hall–Kier alpha value is -2.45. The summed E-state index contributed by atoms with van der Waals surface area (Å²) < 4.78 is 14.6. The van der Waals surface area contributed by atoms with E-state index in [1.807, 2.05) is 23.3 Å². The summed E-state index contributed by atoms with van der Waals surface area (Å²) >= 11 is 0. The number of methoxy groups -OCH3 is 1. The monoisotopic (exact) mass is 356 g/mol. The zero-order chi connectivity index (χ0) is 17.9. The van der Waals surface area contributed by atoms with Crippen LogP contribution in [-0.2, 0) is 22.4 Å². The van der Waals surface area contributed by atoms with Crippen molar-refractivity contribution in [2.75, 3.05) is 44.9 Å². The van der Waals surface area contributed by atoms with Crippen LogP contribution in [0.3, 0.4) is 0 Å². The van der Waals surface area contributed by atoms with E-state index in [1.165, 1.54) is 0 Å². The van der Waals surface area contributed by atoms with Crippen molar-refractivity contribution in [2.24, 2.45) is 0 Å². The molecule has 1 aliphatic heterocycles. The molecular weight excluding hydrogens is 332 g/mol. The Balaban J connectivity index is 1.78. The first-order valence-electron chi connectivity index (χ1n) is 9.02. The molecule has 0 radical (unpaired) electrons. The quantitative estimate of drug-likeness (QED) is 0.669. The molecule has 0 bridgehead atoms. The number of fused-ring (bicyclic) bond motifs is 1. The topological polar surface area (TPSA) is 69.7 Å². The molecule has 26 heavy (non-hydrogen) atoms. The van der Waals surface area contributed by atoms with Crippen LogP contribution in [0.2, 0.25) is 0 Å². The molecule has 138 valence electrons. The standard InChI is InChI=1S/C18H24N6O2/c1-3-15-16(14-12-20-23(13-14)8-9-25-2)24-5-4-19-17(18(24)21-15)22-6-10-26-11-7-22/h4-5,12-13H,3,6-11H2,1-2H3.